The molecule has 0 amide bonds. The van der Waals surface area contributed by atoms with Crippen molar-refractivity contribution in [3.8, 4) is 5.69 Å². The summed E-state index contributed by atoms with van der Waals surface area (Å²) < 4.78 is 3.02. The molecule has 5 rings (SSSR count). The lowest BCUT2D eigenvalue weighted by Crippen LogP contribution is -2.22. The van der Waals surface area contributed by atoms with Crippen molar-refractivity contribution < 1.29 is 5.11 Å². The predicted octanol–water partition coefficient (Wildman–Crippen LogP) is 1.16. The van der Waals surface area contributed by atoms with Gasteiger partial charge < -0.3 is 16.2 Å². The van der Waals surface area contributed by atoms with Crippen LogP contribution in [0.25, 0.3) is 22.4 Å². The van der Waals surface area contributed by atoms with Gasteiger partial charge in [0.15, 0.2) is 11.2 Å². The Hall–Kier alpha value is -4.45. The fourth-order valence-corrected chi connectivity index (χ4v) is 4.12. The van der Waals surface area contributed by atoms with Gasteiger partial charge in [0.25, 0.3) is 5.56 Å². The fraction of sp³-hybridized carbons (Fsp3) is 0.292. The molecule has 3 aromatic heterocycles. The van der Waals surface area contributed by atoms with Crippen LogP contribution in [0.3, 0.4) is 0 Å². The number of nitrogens with zero attached hydrogens (tertiary/aromatic N) is 8. The highest BCUT2D eigenvalue weighted by atomic mass is 16.3. The summed E-state index contributed by atoms with van der Waals surface area (Å²) >= 11 is 0. The van der Waals surface area contributed by atoms with Crippen molar-refractivity contribution in [1.82, 2.24) is 34.7 Å². The lowest BCUT2D eigenvalue weighted by Gasteiger charge is -2.11. The van der Waals surface area contributed by atoms with Crippen LogP contribution in [0.4, 0.5) is 5.95 Å². The van der Waals surface area contributed by atoms with Gasteiger partial charge in [0, 0.05) is 36.3 Å². The van der Waals surface area contributed by atoms with Gasteiger partial charge in [-0.3, -0.25) is 9.79 Å². The van der Waals surface area contributed by atoms with Crippen molar-refractivity contribution in [2.45, 2.75) is 38.0 Å². The van der Waals surface area contributed by atoms with E-state index in [2.05, 4.69) is 35.7 Å². The van der Waals surface area contributed by atoms with E-state index in [1.807, 2.05) is 24.3 Å². The minimum Gasteiger partial charge on any atom is -0.404 e. The lowest BCUT2D eigenvalue weighted by atomic mass is 10.1. The van der Waals surface area contributed by atoms with Crippen LogP contribution in [0.2, 0.25) is 0 Å². The maximum Gasteiger partial charge on any atom is 0.266 e. The smallest absolute Gasteiger partial charge is 0.266 e. The highest BCUT2D eigenvalue weighted by Crippen LogP contribution is 2.23. The lowest BCUT2D eigenvalue weighted by molar-refractivity contribution is 0.182. The van der Waals surface area contributed by atoms with E-state index >= 15 is 0 Å². The van der Waals surface area contributed by atoms with Crippen molar-refractivity contribution >= 4 is 28.9 Å². The van der Waals surface area contributed by atoms with Gasteiger partial charge in [-0.05, 0) is 43.0 Å². The van der Waals surface area contributed by atoms with E-state index in [1.165, 1.54) is 16.9 Å². The van der Waals surface area contributed by atoms with Crippen molar-refractivity contribution in [2.24, 2.45) is 10.7 Å². The molecule has 0 saturated heterocycles. The van der Waals surface area contributed by atoms with Gasteiger partial charge in [-0.15, -0.1) is 5.10 Å². The van der Waals surface area contributed by atoms with Crippen LogP contribution in [0.5, 0.6) is 0 Å². The van der Waals surface area contributed by atoms with E-state index in [-0.39, 0.29) is 17.7 Å². The summed E-state index contributed by atoms with van der Waals surface area (Å²) in [6.07, 6.45) is 8.44. The van der Waals surface area contributed by atoms with E-state index in [9.17, 15) is 9.90 Å². The maximum absolute atomic E-state index is 11.7. The second kappa shape index (κ2) is 10.4. The summed E-state index contributed by atoms with van der Waals surface area (Å²) in [5.74, 6) is 0.485. The predicted molar refractivity (Wildman–Crippen MR) is 136 cm³/mol. The molecule has 3 heterocycles. The van der Waals surface area contributed by atoms with Gasteiger partial charge in [0.05, 0.1) is 31.1 Å². The van der Waals surface area contributed by atoms with Crippen molar-refractivity contribution in [3.63, 3.8) is 0 Å². The third kappa shape index (κ3) is 5.13. The Labute approximate surface area is 206 Å². The van der Waals surface area contributed by atoms with Crippen LogP contribution in [0, 0.1) is 0 Å². The van der Waals surface area contributed by atoms with E-state index in [0.717, 1.165) is 29.7 Å². The zero-order valence-electron chi connectivity index (χ0n) is 19.5. The van der Waals surface area contributed by atoms with Crippen molar-refractivity contribution in [1.29, 1.82) is 0 Å². The topological polar surface area (TPSA) is 162 Å². The number of benzene rings is 1. The molecule has 12 heteroatoms. The van der Waals surface area contributed by atoms with Crippen LogP contribution < -0.4 is 16.6 Å². The second-order valence-electron chi connectivity index (χ2n) is 8.50. The van der Waals surface area contributed by atoms with Gasteiger partial charge in [-0.1, -0.05) is 17.3 Å². The summed E-state index contributed by atoms with van der Waals surface area (Å²) in [7, 11) is 0. The molecule has 4 N–H and O–H groups in total. The first kappa shape index (κ1) is 23.3. The van der Waals surface area contributed by atoms with E-state index < -0.39 is 0 Å². The zero-order chi connectivity index (χ0) is 24.9. The molecular weight excluding hydrogens is 460 g/mol. The number of anilines is 1. The van der Waals surface area contributed by atoms with Crippen molar-refractivity contribution in [3.05, 3.63) is 70.9 Å². The molecule has 1 aliphatic carbocycles. The minimum absolute atomic E-state index is 0.147. The molecule has 0 bridgehead atoms. The number of aliphatic imine (C=N–C) groups is 1. The summed E-state index contributed by atoms with van der Waals surface area (Å²) in [5.41, 5.74) is 9.24. The Balaban J connectivity index is 1.29. The number of nitrogens with one attached hydrogen (secondary N) is 1. The average Bonchev–Trinajstić information content (AvgIpc) is 3.51. The van der Waals surface area contributed by atoms with Gasteiger partial charge in [0.1, 0.15) is 0 Å². The average molecular weight is 487 g/mol. The van der Waals surface area contributed by atoms with E-state index in [1.54, 1.807) is 29.4 Å². The zero-order valence-corrected chi connectivity index (χ0v) is 19.5. The molecule has 0 radical (unpaired) electrons. The molecule has 0 spiro atoms. The molecule has 0 unspecified atom stereocenters. The number of aromatic nitrogens is 7. The number of rotatable bonds is 8. The van der Waals surface area contributed by atoms with Crippen LogP contribution in [-0.4, -0.2) is 64.8 Å². The molecule has 1 fully saturated rings. The Bertz CT molecular complexity index is 1460. The normalized spacial score (nSPS) is 18.3. The summed E-state index contributed by atoms with van der Waals surface area (Å²) in [6, 6.07) is 10.8. The van der Waals surface area contributed by atoms with Crippen LogP contribution in [0.1, 0.15) is 24.8 Å². The number of allylic oxidation sites excluding steroid dienone is 1. The number of hydrogen-bond donors (Lipinski definition) is 3. The maximum atomic E-state index is 11.7. The first-order chi connectivity index (χ1) is 17.6. The van der Waals surface area contributed by atoms with Gasteiger partial charge in [-0.25, -0.2) is 9.67 Å². The first-order valence-electron chi connectivity index (χ1n) is 11.7. The molecule has 0 aliphatic heterocycles. The first-order valence-corrected chi connectivity index (χ1v) is 11.7. The summed E-state index contributed by atoms with van der Waals surface area (Å²) in [5, 5.41) is 25.5. The molecule has 4 aromatic rings. The van der Waals surface area contributed by atoms with Crippen LogP contribution >= 0.6 is 0 Å². The molecular formula is C24H26N10O2. The largest absolute Gasteiger partial charge is 0.404 e. The van der Waals surface area contributed by atoms with Crippen LogP contribution in [0.15, 0.2) is 64.8 Å². The fourth-order valence-electron chi connectivity index (χ4n) is 4.12. The molecule has 36 heavy (non-hydrogen) atoms. The summed E-state index contributed by atoms with van der Waals surface area (Å²) in [4.78, 5) is 25.1. The third-order valence-corrected chi connectivity index (χ3v) is 6.01. The standard InChI is InChI=1S/C24H26N10O2/c25-13-17(14-26-10-11-33-22(36)2-1-9-28-33)16-3-6-19(7-4-16)34-23-21(31-32-34)15-27-24(30-23)29-18-5-8-20(35)12-18/h1-4,6-7,9,13-15,18,20,35H,5,8,10-12,25H2,(H,27,29,30)/t18-,20-/m1/s1. The molecule has 12 nitrogen and oxygen atoms in total. The third-order valence-electron chi connectivity index (χ3n) is 6.01. The second-order valence-corrected chi connectivity index (χ2v) is 8.50. The Morgan fingerprint density at radius 3 is 2.86 bits per heavy atom. The number of aliphatic hydroxyl groups is 1. The van der Waals surface area contributed by atoms with E-state index in [0.29, 0.717) is 36.6 Å². The summed E-state index contributed by atoms with van der Waals surface area (Å²) in [6.45, 7) is 0.777. The number of hydrogen-bond acceptors (Lipinski definition) is 10. The Kier molecular flexibility index (Phi) is 6.76. The van der Waals surface area contributed by atoms with Gasteiger partial charge in [-0.2, -0.15) is 14.8 Å². The monoisotopic (exact) mass is 486 g/mol. The molecule has 1 aromatic carbocycles. The Morgan fingerprint density at radius 1 is 1.25 bits per heavy atom. The number of aliphatic hydroxyl groups excluding tert-OH is 1. The molecule has 2 atom stereocenters. The Morgan fingerprint density at radius 2 is 2.11 bits per heavy atom. The highest BCUT2D eigenvalue weighted by Gasteiger charge is 2.23. The van der Waals surface area contributed by atoms with E-state index in [4.69, 9.17) is 5.73 Å². The minimum atomic E-state index is -0.278. The molecule has 1 saturated carbocycles. The molecule has 184 valence electrons. The van der Waals surface area contributed by atoms with Crippen molar-refractivity contribution in [2.75, 3.05) is 11.9 Å². The number of fused-ring (bicyclic) bond motifs is 1. The molecule has 1 aliphatic rings. The van der Waals surface area contributed by atoms with Gasteiger partial charge >= 0.3 is 0 Å². The van der Waals surface area contributed by atoms with Gasteiger partial charge in [0.2, 0.25) is 5.95 Å². The van der Waals surface area contributed by atoms with Crippen LogP contribution in [-0.2, 0) is 6.54 Å². The SMILES string of the molecule is NC=C(C=NCCn1ncccc1=O)c1ccc(-n2nnc3cnc(N[C@@H]4CC[C@@H](O)C4)nc32)cc1. The quantitative estimate of drug-likeness (QED) is 0.310. The number of nitrogens with two attached hydrogens (primary N) is 1. The highest BCUT2D eigenvalue weighted by molar-refractivity contribution is 6.09.